The van der Waals surface area contributed by atoms with Gasteiger partial charge in [-0.3, -0.25) is 0 Å². The van der Waals surface area contributed by atoms with Gasteiger partial charge >= 0.3 is 0 Å². The van der Waals surface area contributed by atoms with E-state index in [0.717, 1.165) is 29.4 Å². The molecule has 0 saturated carbocycles. The van der Waals surface area contributed by atoms with Gasteiger partial charge in [-0.1, -0.05) is 36.4 Å². The van der Waals surface area contributed by atoms with Crippen molar-refractivity contribution in [2.75, 3.05) is 18.0 Å². The lowest BCUT2D eigenvalue weighted by Gasteiger charge is -2.33. The molecule has 3 rings (SSSR count). The summed E-state index contributed by atoms with van der Waals surface area (Å²) < 4.78 is 0.918. The first kappa shape index (κ1) is 13.6. The van der Waals surface area contributed by atoms with Gasteiger partial charge < -0.3 is 4.90 Å². The number of anilines is 1. The van der Waals surface area contributed by atoms with Gasteiger partial charge in [0.15, 0.2) is 0 Å². The van der Waals surface area contributed by atoms with Crippen molar-refractivity contribution in [3.05, 3.63) is 58.7 Å². The van der Waals surface area contributed by atoms with Crippen LogP contribution in [0.1, 0.15) is 18.4 Å². The highest BCUT2D eigenvalue weighted by atomic mass is 79.9. The Morgan fingerprint density at radius 3 is 2.45 bits per heavy atom. The third-order valence-corrected chi connectivity index (χ3v) is 4.45. The fourth-order valence-corrected chi connectivity index (χ4v) is 3.22. The first-order chi connectivity index (χ1) is 9.81. The monoisotopic (exact) mass is 330 g/mol. The second-order valence-corrected chi connectivity index (χ2v) is 6.25. The van der Waals surface area contributed by atoms with Crippen LogP contribution in [-0.2, 0) is 6.42 Å². The first-order valence-corrected chi connectivity index (χ1v) is 8.02. The van der Waals surface area contributed by atoms with Crippen LogP contribution >= 0.6 is 15.9 Å². The summed E-state index contributed by atoms with van der Waals surface area (Å²) in [5.74, 6) is 1.90. The Morgan fingerprint density at radius 1 is 1.00 bits per heavy atom. The molecule has 2 heterocycles. The van der Waals surface area contributed by atoms with Crippen LogP contribution < -0.4 is 4.90 Å². The number of halogens is 1. The van der Waals surface area contributed by atoms with Crippen molar-refractivity contribution in [1.82, 2.24) is 4.98 Å². The Hall–Kier alpha value is -1.35. The van der Waals surface area contributed by atoms with Crippen LogP contribution in [-0.4, -0.2) is 18.1 Å². The summed E-state index contributed by atoms with van der Waals surface area (Å²) in [5, 5.41) is 0. The van der Waals surface area contributed by atoms with Crippen molar-refractivity contribution in [2.45, 2.75) is 19.3 Å². The number of pyridine rings is 1. The summed E-state index contributed by atoms with van der Waals surface area (Å²) in [7, 11) is 0. The van der Waals surface area contributed by atoms with Crippen molar-refractivity contribution in [2.24, 2.45) is 5.92 Å². The second-order valence-electron chi connectivity index (χ2n) is 5.44. The number of rotatable bonds is 3. The third-order valence-electron chi connectivity index (χ3n) is 4.01. The highest BCUT2D eigenvalue weighted by Gasteiger charge is 2.20. The van der Waals surface area contributed by atoms with Crippen LogP contribution in [0.4, 0.5) is 5.82 Å². The van der Waals surface area contributed by atoms with Gasteiger partial charge in [-0.15, -0.1) is 0 Å². The lowest BCUT2D eigenvalue weighted by Crippen LogP contribution is -2.34. The molecule has 2 nitrogen and oxygen atoms in total. The molecule has 1 saturated heterocycles. The maximum absolute atomic E-state index is 4.55. The van der Waals surface area contributed by atoms with Gasteiger partial charge in [0.1, 0.15) is 10.4 Å². The standard InChI is InChI=1S/C17H19BrN2/c18-16-7-4-8-17(19-16)20-11-9-15(10-12-20)13-14-5-2-1-3-6-14/h1-8,15H,9-13H2. The van der Waals surface area contributed by atoms with Crippen LogP contribution in [0.3, 0.4) is 0 Å². The van der Waals surface area contributed by atoms with Gasteiger partial charge in [0.25, 0.3) is 0 Å². The molecule has 0 amide bonds. The van der Waals surface area contributed by atoms with Gasteiger partial charge in [-0.05, 0) is 58.8 Å². The molecule has 3 heteroatoms. The highest BCUT2D eigenvalue weighted by molar-refractivity contribution is 9.10. The van der Waals surface area contributed by atoms with E-state index >= 15 is 0 Å². The summed E-state index contributed by atoms with van der Waals surface area (Å²) in [4.78, 5) is 6.94. The topological polar surface area (TPSA) is 16.1 Å². The molecule has 0 unspecified atom stereocenters. The fraction of sp³-hybridized carbons (Fsp3) is 0.353. The van der Waals surface area contributed by atoms with E-state index in [2.05, 4.69) is 68.3 Å². The molecule has 20 heavy (non-hydrogen) atoms. The lowest BCUT2D eigenvalue weighted by atomic mass is 9.90. The van der Waals surface area contributed by atoms with Crippen molar-refractivity contribution < 1.29 is 0 Å². The normalized spacial score (nSPS) is 16.4. The molecule has 1 aromatic heterocycles. The maximum atomic E-state index is 4.55. The molecular weight excluding hydrogens is 312 g/mol. The Morgan fingerprint density at radius 2 is 1.75 bits per heavy atom. The van der Waals surface area contributed by atoms with E-state index in [-0.39, 0.29) is 0 Å². The molecule has 1 fully saturated rings. The Balaban J connectivity index is 1.57. The average molecular weight is 331 g/mol. The van der Waals surface area contributed by atoms with Gasteiger partial charge in [0.2, 0.25) is 0 Å². The molecule has 2 aromatic rings. The number of hydrogen-bond acceptors (Lipinski definition) is 2. The predicted octanol–water partition coefficient (Wildman–Crippen LogP) is 4.30. The quantitative estimate of drug-likeness (QED) is 0.780. The van der Waals surface area contributed by atoms with Gasteiger partial charge in [-0.25, -0.2) is 4.98 Å². The lowest BCUT2D eigenvalue weighted by molar-refractivity contribution is 0.402. The van der Waals surface area contributed by atoms with Crippen molar-refractivity contribution in [3.8, 4) is 0 Å². The smallest absolute Gasteiger partial charge is 0.129 e. The minimum absolute atomic E-state index is 0.806. The SMILES string of the molecule is Brc1cccc(N2CCC(Cc3ccccc3)CC2)n1. The zero-order valence-corrected chi connectivity index (χ0v) is 13.1. The van der Waals surface area contributed by atoms with E-state index in [4.69, 9.17) is 0 Å². The molecular formula is C17H19BrN2. The summed E-state index contributed by atoms with van der Waals surface area (Å²) in [6.07, 6.45) is 3.72. The van der Waals surface area contributed by atoms with Crippen molar-refractivity contribution in [1.29, 1.82) is 0 Å². The maximum Gasteiger partial charge on any atom is 0.129 e. The molecule has 0 N–H and O–H groups in total. The van der Waals surface area contributed by atoms with Crippen LogP contribution in [0.25, 0.3) is 0 Å². The van der Waals surface area contributed by atoms with E-state index < -0.39 is 0 Å². The Kier molecular flexibility index (Phi) is 4.36. The van der Waals surface area contributed by atoms with Crippen molar-refractivity contribution >= 4 is 21.7 Å². The van der Waals surface area contributed by atoms with Crippen LogP contribution in [0, 0.1) is 5.92 Å². The average Bonchev–Trinajstić information content (AvgIpc) is 2.49. The molecule has 0 radical (unpaired) electrons. The Bertz CT molecular complexity index is 548. The van der Waals surface area contributed by atoms with Crippen LogP contribution in [0.15, 0.2) is 53.1 Å². The largest absolute Gasteiger partial charge is 0.357 e. The van der Waals surface area contributed by atoms with E-state index in [1.807, 2.05) is 6.07 Å². The van der Waals surface area contributed by atoms with E-state index in [1.165, 1.54) is 24.8 Å². The highest BCUT2D eigenvalue weighted by Crippen LogP contribution is 2.25. The van der Waals surface area contributed by atoms with Gasteiger partial charge in [0, 0.05) is 13.1 Å². The summed E-state index contributed by atoms with van der Waals surface area (Å²) >= 11 is 3.45. The number of benzene rings is 1. The third kappa shape index (κ3) is 3.40. The van der Waals surface area contributed by atoms with E-state index in [1.54, 1.807) is 0 Å². The molecule has 1 aliphatic heterocycles. The molecule has 104 valence electrons. The number of nitrogens with zero attached hydrogens (tertiary/aromatic N) is 2. The zero-order valence-electron chi connectivity index (χ0n) is 11.5. The van der Waals surface area contributed by atoms with E-state index in [0.29, 0.717) is 0 Å². The Labute approximate surface area is 129 Å². The molecule has 0 spiro atoms. The van der Waals surface area contributed by atoms with Crippen molar-refractivity contribution in [3.63, 3.8) is 0 Å². The van der Waals surface area contributed by atoms with E-state index in [9.17, 15) is 0 Å². The van der Waals surface area contributed by atoms with Gasteiger partial charge in [-0.2, -0.15) is 0 Å². The molecule has 1 aromatic carbocycles. The summed E-state index contributed by atoms with van der Waals surface area (Å²) in [6.45, 7) is 2.22. The van der Waals surface area contributed by atoms with Crippen LogP contribution in [0.5, 0.6) is 0 Å². The zero-order chi connectivity index (χ0) is 13.8. The number of hydrogen-bond donors (Lipinski definition) is 0. The van der Waals surface area contributed by atoms with Gasteiger partial charge in [0.05, 0.1) is 0 Å². The second kappa shape index (κ2) is 6.40. The predicted molar refractivity (Wildman–Crippen MR) is 87.0 cm³/mol. The summed E-state index contributed by atoms with van der Waals surface area (Å²) in [5.41, 5.74) is 1.46. The summed E-state index contributed by atoms with van der Waals surface area (Å²) in [6, 6.07) is 17.0. The minimum Gasteiger partial charge on any atom is -0.357 e. The number of piperidine rings is 1. The minimum atomic E-state index is 0.806. The van der Waals surface area contributed by atoms with Crippen LogP contribution in [0.2, 0.25) is 0 Å². The fourth-order valence-electron chi connectivity index (χ4n) is 2.89. The first-order valence-electron chi connectivity index (χ1n) is 7.23. The number of aromatic nitrogens is 1. The molecule has 1 aliphatic rings. The molecule has 0 atom stereocenters. The molecule has 0 bridgehead atoms. The molecule has 0 aliphatic carbocycles.